The molecule has 0 aliphatic carbocycles. The molecule has 2 fully saturated rings. The van der Waals surface area contributed by atoms with Gasteiger partial charge in [-0.15, -0.1) is 0 Å². The summed E-state index contributed by atoms with van der Waals surface area (Å²) in [7, 11) is 0. The molecule has 3 aliphatic heterocycles. The minimum Gasteiger partial charge on any atom is -0.480 e. The van der Waals surface area contributed by atoms with Crippen molar-refractivity contribution in [3.63, 3.8) is 0 Å². The first-order chi connectivity index (χ1) is 7.59. The summed E-state index contributed by atoms with van der Waals surface area (Å²) in [6.45, 7) is 0.985. The Balaban J connectivity index is 1.87. The van der Waals surface area contributed by atoms with E-state index in [0.717, 1.165) is 5.57 Å². The molecule has 86 valence electrons. The van der Waals surface area contributed by atoms with Gasteiger partial charge in [-0.05, 0) is 12.0 Å². The Morgan fingerprint density at radius 2 is 2.12 bits per heavy atom. The van der Waals surface area contributed by atoms with Crippen LogP contribution in [-0.2, 0) is 4.79 Å². The molecule has 0 radical (unpaired) electrons. The molecule has 2 saturated heterocycles. The van der Waals surface area contributed by atoms with Crippen molar-refractivity contribution in [2.75, 3.05) is 13.1 Å². The minimum atomic E-state index is -0.910. The van der Waals surface area contributed by atoms with Gasteiger partial charge in [-0.1, -0.05) is 6.08 Å². The predicted octanol–water partition coefficient (Wildman–Crippen LogP) is -0.184. The van der Waals surface area contributed by atoms with Crippen molar-refractivity contribution in [2.24, 2.45) is 0 Å². The van der Waals surface area contributed by atoms with E-state index in [9.17, 15) is 9.59 Å². The molecule has 3 rings (SSSR count). The Morgan fingerprint density at radius 1 is 1.38 bits per heavy atom. The number of carboxylic acid groups (broad SMARTS) is 2. The lowest BCUT2D eigenvalue weighted by Crippen LogP contribution is -2.67. The van der Waals surface area contributed by atoms with Crippen molar-refractivity contribution in [1.82, 2.24) is 9.80 Å². The molecule has 6 nitrogen and oxygen atoms in total. The zero-order valence-electron chi connectivity index (χ0n) is 8.54. The first-order valence-corrected chi connectivity index (χ1v) is 5.26. The lowest BCUT2D eigenvalue weighted by atomic mass is 9.86. The van der Waals surface area contributed by atoms with Crippen LogP contribution in [0.1, 0.15) is 6.42 Å². The fraction of sp³-hybridized carbons (Fsp3) is 0.600. The first kappa shape index (κ1) is 9.65. The van der Waals surface area contributed by atoms with E-state index in [1.54, 1.807) is 0 Å². The van der Waals surface area contributed by atoms with Gasteiger partial charge < -0.3 is 10.2 Å². The maximum Gasteiger partial charge on any atom is 0.407 e. The number of carbonyl (C=O) groups is 2. The van der Waals surface area contributed by atoms with Crippen LogP contribution in [0.3, 0.4) is 0 Å². The number of hydrogen-bond acceptors (Lipinski definition) is 3. The molecule has 0 aromatic heterocycles. The Kier molecular flexibility index (Phi) is 1.79. The summed E-state index contributed by atoms with van der Waals surface area (Å²) in [5, 5.41) is 18.0. The number of carboxylic acids is 1. The van der Waals surface area contributed by atoms with Crippen LogP contribution in [0.2, 0.25) is 0 Å². The van der Waals surface area contributed by atoms with Crippen LogP contribution < -0.4 is 0 Å². The van der Waals surface area contributed by atoms with Gasteiger partial charge in [0.1, 0.15) is 6.04 Å². The van der Waals surface area contributed by atoms with Crippen LogP contribution in [0.4, 0.5) is 4.79 Å². The van der Waals surface area contributed by atoms with Gasteiger partial charge in [0.05, 0.1) is 12.1 Å². The Labute approximate surface area is 91.7 Å². The molecular formula is C10H12N2O4. The van der Waals surface area contributed by atoms with Crippen LogP contribution >= 0.6 is 0 Å². The molecule has 0 saturated carbocycles. The Hall–Kier alpha value is -1.56. The monoisotopic (exact) mass is 224 g/mol. The summed E-state index contributed by atoms with van der Waals surface area (Å²) in [6.07, 6.45) is 1.47. The molecule has 0 spiro atoms. The third-order valence-corrected chi connectivity index (χ3v) is 3.79. The molecule has 1 amide bonds. The molecule has 16 heavy (non-hydrogen) atoms. The highest BCUT2D eigenvalue weighted by molar-refractivity contribution is 5.75. The molecule has 0 aromatic carbocycles. The van der Waals surface area contributed by atoms with Gasteiger partial charge in [0, 0.05) is 13.1 Å². The second-order valence-corrected chi connectivity index (χ2v) is 4.49. The van der Waals surface area contributed by atoms with Crippen molar-refractivity contribution in [3.8, 4) is 0 Å². The van der Waals surface area contributed by atoms with Gasteiger partial charge in [0.25, 0.3) is 0 Å². The zero-order valence-corrected chi connectivity index (χ0v) is 8.54. The minimum absolute atomic E-state index is 0.0194. The normalized spacial score (nSPS) is 36.4. The quantitative estimate of drug-likeness (QED) is 0.604. The summed E-state index contributed by atoms with van der Waals surface area (Å²) >= 11 is 0. The summed E-state index contributed by atoms with van der Waals surface area (Å²) in [5.74, 6) is -0.817. The standard InChI is InChI=1S/C10H12N2O4/c13-9(14)6-2-1-5-3-12(10(15)16)7-4-11(6)8(5)7/h1,6-8H,2-4H2,(H,13,14)(H,15,16)/t6-,7?,8?/m0/s1. The number of nitrogens with zero attached hydrogens (tertiary/aromatic N) is 2. The molecule has 3 atom stereocenters. The number of likely N-dealkylation sites (tertiary alicyclic amines) is 1. The van der Waals surface area contributed by atoms with Crippen molar-refractivity contribution < 1.29 is 19.8 Å². The predicted molar refractivity (Wildman–Crippen MR) is 53.1 cm³/mol. The van der Waals surface area contributed by atoms with E-state index in [-0.39, 0.29) is 12.1 Å². The van der Waals surface area contributed by atoms with Crippen LogP contribution in [0, 0.1) is 0 Å². The van der Waals surface area contributed by atoms with Gasteiger partial charge in [-0.25, -0.2) is 4.79 Å². The summed E-state index contributed by atoms with van der Waals surface area (Å²) in [6, 6.07) is -0.490. The first-order valence-electron chi connectivity index (χ1n) is 5.26. The molecule has 3 aliphatic rings. The maximum absolute atomic E-state index is 11.0. The zero-order chi connectivity index (χ0) is 11.4. The van der Waals surface area contributed by atoms with E-state index >= 15 is 0 Å². The topological polar surface area (TPSA) is 81.1 Å². The van der Waals surface area contributed by atoms with Crippen LogP contribution in [0.25, 0.3) is 0 Å². The maximum atomic E-state index is 11.0. The van der Waals surface area contributed by atoms with E-state index in [2.05, 4.69) is 0 Å². The van der Waals surface area contributed by atoms with Crippen LogP contribution in [-0.4, -0.2) is 63.3 Å². The SMILES string of the molecule is O=C(O)[C@@H]1CC=C2CN(C(=O)O)C3CN1C23. The van der Waals surface area contributed by atoms with Crippen LogP contribution in [0.15, 0.2) is 11.6 Å². The van der Waals surface area contributed by atoms with E-state index in [1.165, 1.54) is 4.90 Å². The van der Waals surface area contributed by atoms with Gasteiger partial charge in [-0.3, -0.25) is 14.6 Å². The van der Waals surface area contributed by atoms with E-state index in [4.69, 9.17) is 10.2 Å². The molecule has 3 heterocycles. The molecule has 0 bridgehead atoms. The van der Waals surface area contributed by atoms with E-state index in [1.807, 2.05) is 11.0 Å². The van der Waals surface area contributed by atoms with Crippen molar-refractivity contribution in [2.45, 2.75) is 24.5 Å². The molecule has 2 unspecified atom stereocenters. The van der Waals surface area contributed by atoms with E-state index in [0.29, 0.717) is 19.5 Å². The Bertz CT molecular complexity index is 394. The van der Waals surface area contributed by atoms with Crippen molar-refractivity contribution in [3.05, 3.63) is 11.6 Å². The highest BCUT2D eigenvalue weighted by atomic mass is 16.4. The molecule has 6 heteroatoms. The van der Waals surface area contributed by atoms with Gasteiger partial charge in [0.2, 0.25) is 0 Å². The average molecular weight is 224 g/mol. The summed E-state index contributed by atoms with van der Waals surface area (Å²) < 4.78 is 0. The number of rotatable bonds is 1. The second kappa shape index (κ2) is 2.98. The lowest BCUT2D eigenvalue weighted by Gasteiger charge is -2.50. The Morgan fingerprint density at radius 3 is 2.75 bits per heavy atom. The number of aliphatic carboxylic acids is 1. The average Bonchev–Trinajstić information content (AvgIpc) is 2.50. The smallest absolute Gasteiger partial charge is 0.407 e. The lowest BCUT2D eigenvalue weighted by molar-refractivity contribution is -0.148. The highest BCUT2D eigenvalue weighted by Gasteiger charge is 2.56. The second-order valence-electron chi connectivity index (χ2n) is 4.49. The fourth-order valence-electron chi connectivity index (χ4n) is 3.01. The fourth-order valence-corrected chi connectivity index (χ4v) is 3.01. The molecule has 0 aromatic rings. The number of amides is 1. The summed E-state index contributed by atoms with van der Waals surface area (Å²) in [4.78, 5) is 25.3. The summed E-state index contributed by atoms with van der Waals surface area (Å²) in [5.41, 5.74) is 1.07. The van der Waals surface area contributed by atoms with Gasteiger partial charge in [-0.2, -0.15) is 0 Å². The highest BCUT2D eigenvalue weighted by Crippen LogP contribution is 2.41. The van der Waals surface area contributed by atoms with Gasteiger partial charge >= 0.3 is 12.1 Å². The van der Waals surface area contributed by atoms with Gasteiger partial charge in [0.15, 0.2) is 0 Å². The third kappa shape index (κ3) is 1.05. The van der Waals surface area contributed by atoms with Crippen molar-refractivity contribution in [1.29, 1.82) is 0 Å². The third-order valence-electron chi connectivity index (χ3n) is 3.79. The van der Waals surface area contributed by atoms with Crippen LogP contribution in [0.5, 0.6) is 0 Å². The van der Waals surface area contributed by atoms with Crippen molar-refractivity contribution >= 4 is 12.1 Å². The molecule has 2 N–H and O–H groups in total. The largest absolute Gasteiger partial charge is 0.480 e. The van der Waals surface area contributed by atoms with E-state index < -0.39 is 18.1 Å². The number of hydrogen-bond donors (Lipinski definition) is 2. The molecular weight excluding hydrogens is 212 g/mol.